The molecule has 2 aromatic rings. The van der Waals surface area contributed by atoms with E-state index in [9.17, 15) is 21.6 Å². The second-order valence-corrected chi connectivity index (χ2v) is 6.86. The van der Waals surface area contributed by atoms with Gasteiger partial charge in [0.05, 0.1) is 10.4 Å². The van der Waals surface area contributed by atoms with Crippen LogP contribution in [-0.4, -0.2) is 8.42 Å². The van der Waals surface area contributed by atoms with Crippen LogP contribution in [0.1, 0.15) is 16.0 Å². The number of rotatable bonds is 1. The lowest BCUT2D eigenvalue weighted by molar-refractivity contribution is -0.137. The maximum absolute atomic E-state index is 12.4. The molecule has 0 bridgehead atoms. The third kappa shape index (κ3) is 4.07. The molecule has 0 aliphatic heterocycles. The first-order valence-electron chi connectivity index (χ1n) is 5.48. The summed E-state index contributed by atoms with van der Waals surface area (Å²) in [5.41, 5.74) is -0.353. The van der Waals surface area contributed by atoms with E-state index in [2.05, 4.69) is 11.8 Å². The van der Waals surface area contributed by atoms with Crippen molar-refractivity contribution < 1.29 is 21.6 Å². The van der Waals surface area contributed by atoms with Gasteiger partial charge in [0.25, 0.3) is 0 Å². The van der Waals surface area contributed by atoms with Gasteiger partial charge in [-0.2, -0.15) is 13.2 Å². The fourth-order valence-corrected chi connectivity index (χ4v) is 3.00. The molecule has 21 heavy (non-hydrogen) atoms. The van der Waals surface area contributed by atoms with Gasteiger partial charge in [0.1, 0.15) is 4.21 Å². The van der Waals surface area contributed by atoms with Gasteiger partial charge in [0, 0.05) is 5.56 Å². The fourth-order valence-electron chi connectivity index (χ4n) is 1.42. The Bertz CT molecular complexity index is 810. The molecule has 8 heteroatoms. The number of hydrogen-bond donors (Lipinski definition) is 1. The molecule has 0 saturated heterocycles. The quantitative estimate of drug-likeness (QED) is 0.817. The SMILES string of the molecule is NS(=O)(=O)c1ccc(C#Cc2ccc(C(F)(F)F)cc2)s1. The lowest BCUT2D eigenvalue weighted by Gasteiger charge is -2.05. The van der Waals surface area contributed by atoms with Crippen molar-refractivity contribution in [3.8, 4) is 11.8 Å². The standard InChI is InChI=1S/C13H8F3NO2S2/c14-13(15,16)10-4-1-9(2-5-10)3-6-11-7-8-12(20-11)21(17,18)19/h1-2,4-5,7-8H,(H2,17,18,19). The Labute approximate surface area is 123 Å². The maximum Gasteiger partial charge on any atom is 0.416 e. The number of hydrogen-bond acceptors (Lipinski definition) is 3. The Kier molecular flexibility index (Phi) is 4.09. The molecule has 0 atom stereocenters. The van der Waals surface area contributed by atoms with Crippen LogP contribution in [0.2, 0.25) is 0 Å². The highest BCUT2D eigenvalue weighted by molar-refractivity contribution is 7.91. The van der Waals surface area contributed by atoms with E-state index in [0.29, 0.717) is 10.4 Å². The first-order chi connectivity index (χ1) is 9.66. The Morgan fingerprint density at radius 1 is 1.00 bits per heavy atom. The van der Waals surface area contributed by atoms with E-state index in [4.69, 9.17) is 5.14 Å². The van der Waals surface area contributed by atoms with Crippen molar-refractivity contribution in [1.82, 2.24) is 0 Å². The van der Waals surface area contributed by atoms with Crippen LogP contribution in [0.25, 0.3) is 0 Å². The van der Waals surface area contributed by atoms with Crippen LogP contribution in [-0.2, 0) is 16.2 Å². The second kappa shape index (κ2) is 5.52. The summed E-state index contributed by atoms with van der Waals surface area (Å²) in [5, 5.41) is 4.96. The van der Waals surface area contributed by atoms with E-state index < -0.39 is 21.8 Å². The van der Waals surface area contributed by atoms with Crippen LogP contribution in [0.4, 0.5) is 13.2 Å². The van der Waals surface area contributed by atoms with E-state index in [1.165, 1.54) is 24.3 Å². The van der Waals surface area contributed by atoms with Crippen molar-refractivity contribution in [1.29, 1.82) is 0 Å². The minimum Gasteiger partial charge on any atom is -0.224 e. The van der Waals surface area contributed by atoms with Gasteiger partial charge in [-0.15, -0.1) is 11.3 Å². The molecule has 1 heterocycles. The molecule has 0 aliphatic carbocycles. The molecule has 0 radical (unpaired) electrons. The number of benzene rings is 1. The van der Waals surface area contributed by atoms with Crippen molar-refractivity contribution in [2.24, 2.45) is 5.14 Å². The van der Waals surface area contributed by atoms with Gasteiger partial charge in [-0.05, 0) is 36.4 Å². The third-order valence-corrected chi connectivity index (χ3v) is 4.84. The predicted octanol–water partition coefficient (Wildman–Crippen LogP) is 2.81. The molecule has 110 valence electrons. The van der Waals surface area contributed by atoms with Crippen molar-refractivity contribution >= 4 is 21.4 Å². The fraction of sp³-hybridized carbons (Fsp3) is 0.0769. The van der Waals surface area contributed by atoms with E-state index in [-0.39, 0.29) is 4.21 Å². The molecule has 0 unspecified atom stereocenters. The average Bonchev–Trinajstić information content (AvgIpc) is 2.84. The number of thiophene rings is 1. The highest BCUT2D eigenvalue weighted by Crippen LogP contribution is 2.29. The van der Waals surface area contributed by atoms with Crippen LogP contribution >= 0.6 is 11.3 Å². The average molecular weight is 331 g/mol. The summed E-state index contributed by atoms with van der Waals surface area (Å²) in [6.07, 6.45) is -4.38. The van der Waals surface area contributed by atoms with Gasteiger partial charge < -0.3 is 0 Å². The van der Waals surface area contributed by atoms with E-state index >= 15 is 0 Å². The summed E-state index contributed by atoms with van der Waals surface area (Å²) in [6, 6.07) is 7.20. The molecule has 2 rings (SSSR count). The van der Waals surface area contributed by atoms with E-state index in [0.717, 1.165) is 23.5 Å². The minimum absolute atomic E-state index is 0.0146. The van der Waals surface area contributed by atoms with Crippen molar-refractivity contribution in [2.75, 3.05) is 0 Å². The van der Waals surface area contributed by atoms with Gasteiger partial charge in [-0.3, -0.25) is 0 Å². The van der Waals surface area contributed by atoms with Gasteiger partial charge in [0.2, 0.25) is 10.0 Å². The first kappa shape index (κ1) is 15.6. The molecule has 0 amide bonds. The van der Waals surface area contributed by atoms with Crippen LogP contribution in [0, 0.1) is 11.8 Å². The van der Waals surface area contributed by atoms with Gasteiger partial charge in [-0.1, -0.05) is 11.8 Å². The van der Waals surface area contributed by atoms with Gasteiger partial charge in [0.15, 0.2) is 0 Å². The van der Waals surface area contributed by atoms with Crippen LogP contribution < -0.4 is 5.14 Å². The smallest absolute Gasteiger partial charge is 0.224 e. The molecule has 0 spiro atoms. The predicted molar refractivity (Wildman–Crippen MR) is 73.1 cm³/mol. The summed E-state index contributed by atoms with van der Waals surface area (Å²) in [7, 11) is -3.76. The molecule has 2 N–H and O–H groups in total. The zero-order chi connectivity index (χ0) is 15.7. The number of halogens is 3. The summed E-state index contributed by atoms with van der Waals surface area (Å²) in [4.78, 5) is 0.457. The zero-order valence-corrected chi connectivity index (χ0v) is 11.9. The molecule has 3 nitrogen and oxygen atoms in total. The summed E-state index contributed by atoms with van der Waals surface area (Å²) < 4.78 is 59.3. The molecule has 0 aliphatic rings. The largest absolute Gasteiger partial charge is 0.416 e. The number of sulfonamides is 1. The molecule has 1 aromatic heterocycles. The highest BCUT2D eigenvalue weighted by Gasteiger charge is 2.29. The molecule has 0 fully saturated rings. The molecule has 0 saturated carbocycles. The van der Waals surface area contributed by atoms with Crippen molar-refractivity contribution in [3.05, 3.63) is 52.4 Å². The molecular formula is C13H8F3NO2S2. The first-order valence-corrected chi connectivity index (χ1v) is 7.84. The normalized spacial score (nSPS) is 11.8. The second-order valence-electron chi connectivity index (χ2n) is 3.99. The van der Waals surface area contributed by atoms with Crippen molar-refractivity contribution in [2.45, 2.75) is 10.4 Å². The lowest BCUT2D eigenvalue weighted by atomic mass is 10.1. The number of primary sulfonamides is 1. The monoisotopic (exact) mass is 331 g/mol. The van der Waals surface area contributed by atoms with Crippen LogP contribution in [0.3, 0.4) is 0 Å². The zero-order valence-electron chi connectivity index (χ0n) is 10.3. The minimum atomic E-state index is -4.38. The summed E-state index contributed by atoms with van der Waals surface area (Å²) >= 11 is 0.900. The van der Waals surface area contributed by atoms with Crippen LogP contribution in [0.5, 0.6) is 0 Å². The summed E-state index contributed by atoms with van der Waals surface area (Å²) in [5.74, 6) is 5.34. The van der Waals surface area contributed by atoms with Gasteiger partial charge in [-0.25, -0.2) is 13.6 Å². The number of alkyl halides is 3. The molecular weight excluding hydrogens is 323 g/mol. The maximum atomic E-state index is 12.4. The Balaban J connectivity index is 2.22. The summed E-state index contributed by atoms with van der Waals surface area (Å²) in [6.45, 7) is 0. The van der Waals surface area contributed by atoms with E-state index in [1.807, 2.05) is 0 Å². The lowest BCUT2D eigenvalue weighted by Crippen LogP contribution is -2.09. The van der Waals surface area contributed by atoms with Crippen LogP contribution in [0.15, 0.2) is 40.6 Å². The topological polar surface area (TPSA) is 60.2 Å². The Hall–Kier alpha value is -1.82. The highest BCUT2D eigenvalue weighted by atomic mass is 32.2. The Morgan fingerprint density at radius 3 is 2.10 bits per heavy atom. The van der Waals surface area contributed by atoms with E-state index in [1.54, 1.807) is 0 Å². The van der Waals surface area contributed by atoms with Crippen molar-refractivity contribution in [3.63, 3.8) is 0 Å². The molecule has 1 aromatic carbocycles. The third-order valence-electron chi connectivity index (χ3n) is 2.40. The van der Waals surface area contributed by atoms with Gasteiger partial charge >= 0.3 is 6.18 Å². The number of nitrogens with two attached hydrogens (primary N) is 1. The Morgan fingerprint density at radius 2 is 1.62 bits per heavy atom.